The van der Waals surface area contributed by atoms with Crippen molar-refractivity contribution in [2.45, 2.75) is 52.1 Å². The second kappa shape index (κ2) is 9.53. The van der Waals surface area contributed by atoms with Gasteiger partial charge < -0.3 is 19.3 Å². The number of carbonyl (C=O) groups is 1. The van der Waals surface area contributed by atoms with Gasteiger partial charge in [0.05, 0.1) is 6.61 Å². The average molecular weight is 437 g/mol. The number of rotatable bonds is 4. The summed E-state index contributed by atoms with van der Waals surface area (Å²) in [6, 6.07) is 13.2. The van der Waals surface area contributed by atoms with Gasteiger partial charge in [0, 0.05) is 44.5 Å². The molecule has 0 saturated heterocycles. The summed E-state index contributed by atoms with van der Waals surface area (Å²) < 4.78 is 11.1. The first-order chi connectivity index (χ1) is 15.4. The van der Waals surface area contributed by atoms with Crippen LogP contribution in [0.4, 0.5) is 10.5 Å². The van der Waals surface area contributed by atoms with Crippen molar-refractivity contribution in [1.29, 1.82) is 0 Å². The lowest BCUT2D eigenvalue weighted by molar-refractivity contribution is 0.0258. The van der Waals surface area contributed by atoms with E-state index in [9.17, 15) is 4.79 Å². The van der Waals surface area contributed by atoms with Gasteiger partial charge in [-0.2, -0.15) is 0 Å². The van der Waals surface area contributed by atoms with E-state index >= 15 is 0 Å². The Labute approximate surface area is 192 Å². The van der Waals surface area contributed by atoms with Gasteiger partial charge in [-0.15, -0.1) is 0 Å². The molecule has 2 aliphatic rings. The van der Waals surface area contributed by atoms with E-state index in [1.54, 1.807) is 7.11 Å². The van der Waals surface area contributed by atoms with Crippen LogP contribution in [-0.2, 0) is 28.7 Å². The average Bonchev–Trinajstić information content (AvgIpc) is 2.98. The van der Waals surface area contributed by atoms with Crippen molar-refractivity contribution < 1.29 is 14.3 Å². The minimum atomic E-state index is -0.480. The van der Waals surface area contributed by atoms with Gasteiger partial charge in [0.25, 0.3) is 0 Å². The van der Waals surface area contributed by atoms with Crippen molar-refractivity contribution in [2.24, 2.45) is 0 Å². The molecule has 2 aromatic carbocycles. The normalized spacial score (nSPS) is 16.2. The predicted molar refractivity (Wildman–Crippen MR) is 130 cm³/mol. The molecule has 0 aromatic heterocycles. The third-order valence-corrected chi connectivity index (χ3v) is 6.33. The highest BCUT2D eigenvalue weighted by Crippen LogP contribution is 2.42. The Kier molecular flexibility index (Phi) is 6.75. The van der Waals surface area contributed by atoms with Gasteiger partial charge in [0.1, 0.15) is 5.60 Å². The monoisotopic (exact) mass is 436 g/mol. The van der Waals surface area contributed by atoms with E-state index < -0.39 is 5.60 Å². The molecule has 32 heavy (non-hydrogen) atoms. The molecule has 0 unspecified atom stereocenters. The molecule has 0 bridgehead atoms. The van der Waals surface area contributed by atoms with Crippen molar-refractivity contribution in [3.05, 3.63) is 53.1 Å². The van der Waals surface area contributed by atoms with E-state index in [4.69, 9.17) is 9.47 Å². The molecule has 0 aliphatic carbocycles. The second-order valence-electron chi connectivity index (χ2n) is 9.81. The van der Waals surface area contributed by atoms with Crippen molar-refractivity contribution >= 4 is 11.8 Å². The molecule has 0 N–H and O–H groups in total. The lowest BCUT2D eigenvalue weighted by Crippen LogP contribution is -2.38. The molecule has 5 nitrogen and oxygen atoms in total. The number of methoxy groups -OCH3 is 1. The molecule has 0 radical (unpaired) electrons. The number of aryl methyl sites for hydroxylation is 1. The van der Waals surface area contributed by atoms with Gasteiger partial charge in [0.15, 0.2) is 0 Å². The first-order valence-corrected chi connectivity index (χ1v) is 11.8. The highest BCUT2D eigenvalue weighted by atomic mass is 16.6. The van der Waals surface area contributed by atoms with Crippen LogP contribution in [0, 0.1) is 0 Å². The molecular weight excluding hydrogens is 400 g/mol. The van der Waals surface area contributed by atoms with Crippen molar-refractivity contribution in [1.82, 2.24) is 4.90 Å². The molecule has 4 rings (SSSR count). The summed E-state index contributed by atoms with van der Waals surface area (Å²) in [5.74, 6) is 0. The summed E-state index contributed by atoms with van der Waals surface area (Å²) in [7, 11) is 1.77. The molecule has 1 amide bonds. The molecule has 2 aliphatic heterocycles. The van der Waals surface area contributed by atoms with E-state index in [0.717, 1.165) is 45.4 Å². The van der Waals surface area contributed by atoms with Crippen molar-refractivity contribution in [3.8, 4) is 11.1 Å². The Hall–Kier alpha value is -2.53. The zero-order valence-electron chi connectivity index (χ0n) is 19.9. The van der Waals surface area contributed by atoms with Crippen LogP contribution in [0.25, 0.3) is 11.1 Å². The van der Waals surface area contributed by atoms with Crippen LogP contribution in [0.15, 0.2) is 36.4 Å². The minimum Gasteiger partial charge on any atom is -0.444 e. The Morgan fingerprint density at radius 2 is 1.75 bits per heavy atom. The zero-order chi connectivity index (χ0) is 22.7. The number of benzene rings is 2. The second-order valence-corrected chi connectivity index (χ2v) is 9.81. The summed E-state index contributed by atoms with van der Waals surface area (Å²) >= 11 is 0. The van der Waals surface area contributed by atoms with E-state index in [1.807, 2.05) is 25.7 Å². The van der Waals surface area contributed by atoms with Gasteiger partial charge in [-0.3, -0.25) is 0 Å². The summed E-state index contributed by atoms with van der Waals surface area (Å²) in [4.78, 5) is 17.2. The fourth-order valence-electron chi connectivity index (χ4n) is 4.93. The van der Waals surface area contributed by atoms with E-state index in [1.165, 1.54) is 33.5 Å². The Morgan fingerprint density at radius 1 is 1.00 bits per heavy atom. The van der Waals surface area contributed by atoms with E-state index in [0.29, 0.717) is 13.1 Å². The van der Waals surface area contributed by atoms with Crippen LogP contribution in [0.1, 0.15) is 43.9 Å². The highest BCUT2D eigenvalue weighted by molar-refractivity contribution is 5.86. The standard InChI is InChI=1S/C27H36N2O3/c1-27(2,3)32-26(30)29-15-12-21-19-22-11-8-14-28(17-18-31-4)25(22)24(23(21)13-16-29)20-9-6-5-7-10-20/h5-7,9-10,19H,8,11-18H2,1-4H3. The number of ether oxygens (including phenoxy) is 2. The fourth-order valence-corrected chi connectivity index (χ4v) is 4.93. The highest BCUT2D eigenvalue weighted by Gasteiger charge is 2.29. The maximum Gasteiger partial charge on any atom is 0.410 e. The summed E-state index contributed by atoms with van der Waals surface area (Å²) in [6.45, 7) is 9.82. The van der Waals surface area contributed by atoms with Gasteiger partial charge in [-0.25, -0.2) is 4.79 Å². The predicted octanol–water partition coefficient (Wildman–Crippen LogP) is 5.09. The van der Waals surface area contributed by atoms with Crippen LogP contribution >= 0.6 is 0 Å². The molecule has 172 valence electrons. The Morgan fingerprint density at radius 3 is 2.47 bits per heavy atom. The first kappa shape index (κ1) is 22.7. The molecule has 0 atom stereocenters. The molecule has 0 saturated carbocycles. The largest absolute Gasteiger partial charge is 0.444 e. The number of anilines is 1. The third kappa shape index (κ3) is 4.93. The number of hydrogen-bond acceptors (Lipinski definition) is 4. The van der Waals surface area contributed by atoms with E-state index in [-0.39, 0.29) is 6.09 Å². The topological polar surface area (TPSA) is 42.0 Å². The molecule has 2 aromatic rings. The molecule has 2 heterocycles. The lowest BCUT2D eigenvalue weighted by Gasteiger charge is -2.35. The molecular formula is C27H36N2O3. The van der Waals surface area contributed by atoms with Crippen LogP contribution in [-0.4, -0.2) is 56.5 Å². The van der Waals surface area contributed by atoms with Crippen LogP contribution in [0.5, 0.6) is 0 Å². The number of hydrogen-bond donors (Lipinski definition) is 0. The SMILES string of the molecule is COCCN1CCCc2cc3c(c(-c4ccccc4)c21)CCN(C(=O)OC(C)(C)C)CC3. The minimum absolute atomic E-state index is 0.210. The van der Waals surface area contributed by atoms with Crippen LogP contribution in [0.2, 0.25) is 0 Å². The number of fused-ring (bicyclic) bond motifs is 2. The molecule has 0 fully saturated rings. The third-order valence-electron chi connectivity index (χ3n) is 6.33. The first-order valence-electron chi connectivity index (χ1n) is 11.8. The number of amides is 1. The number of nitrogens with zero attached hydrogens (tertiary/aromatic N) is 2. The van der Waals surface area contributed by atoms with Gasteiger partial charge in [0.2, 0.25) is 0 Å². The summed E-state index contributed by atoms with van der Waals surface area (Å²) in [5.41, 5.74) is 7.68. The van der Waals surface area contributed by atoms with Crippen molar-refractivity contribution in [2.75, 3.05) is 44.8 Å². The maximum atomic E-state index is 12.8. The molecule has 0 spiro atoms. The van der Waals surface area contributed by atoms with Gasteiger partial charge >= 0.3 is 6.09 Å². The van der Waals surface area contributed by atoms with Crippen LogP contribution in [0.3, 0.4) is 0 Å². The quantitative estimate of drug-likeness (QED) is 0.670. The lowest BCUT2D eigenvalue weighted by atomic mass is 9.85. The zero-order valence-corrected chi connectivity index (χ0v) is 19.9. The smallest absolute Gasteiger partial charge is 0.410 e. The number of carbonyl (C=O) groups excluding carboxylic acids is 1. The Bertz CT molecular complexity index is 950. The van der Waals surface area contributed by atoms with Crippen molar-refractivity contribution in [3.63, 3.8) is 0 Å². The Balaban J connectivity index is 1.75. The van der Waals surface area contributed by atoms with Gasteiger partial charge in [-0.05, 0) is 68.7 Å². The molecule has 5 heteroatoms. The summed E-state index contributed by atoms with van der Waals surface area (Å²) in [6.07, 6.45) is 3.75. The van der Waals surface area contributed by atoms with E-state index in [2.05, 4.69) is 41.3 Å². The summed E-state index contributed by atoms with van der Waals surface area (Å²) in [5, 5.41) is 0. The van der Waals surface area contributed by atoms with Crippen LogP contribution < -0.4 is 4.90 Å². The fraction of sp³-hybridized carbons (Fsp3) is 0.519. The maximum absolute atomic E-state index is 12.8. The van der Waals surface area contributed by atoms with Gasteiger partial charge in [-0.1, -0.05) is 36.4 Å².